The van der Waals surface area contributed by atoms with E-state index in [1.807, 2.05) is 41.5 Å². The first-order valence-electron chi connectivity index (χ1n) is 8.20. The Hall–Kier alpha value is -1.26. The number of fused-ring (bicyclic) bond motifs is 1. The molecular weight excluding hydrogens is 282 g/mol. The number of esters is 1. The Labute approximate surface area is 133 Å². The van der Waals surface area contributed by atoms with Gasteiger partial charge in [-0.15, -0.1) is 0 Å². The first kappa shape index (κ1) is 17.1. The SMILES string of the molecule is CC(C)(C)OC(=O)[C@@H]1[C@H]2CCC[C@H]2CN1C(=O)OC(C)(C)C. The molecule has 0 radical (unpaired) electrons. The van der Waals surface area contributed by atoms with E-state index < -0.39 is 23.3 Å². The molecule has 0 aromatic rings. The van der Waals surface area contributed by atoms with Crippen LogP contribution in [0.3, 0.4) is 0 Å². The van der Waals surface area contributed by atoms with Crippen LogP contribution in [0.4, 0.5) is 4.79 Å². The van der Waals surface area contributed by atoms with Crippen molar-refractivity contribution in [3.63, 3.8) is 0 Å². The Kier molecular flexibility index (Phi) is 4.46. The highest BCUT2D eigenvalue weighted by Gasteiger charge is 2.51. The topological polar surface area (TPSA) is 55.8 Å². The Morgan fingerprint density at radius 2 is 1.55 bits per heavy atom. The number of carbonyl (C=O) groups is 2. The second kappa shape index (κ2) is 5.74. The molecule has 1 saturated carbocycles. The minimum Gasteiger partial charge on any atom is -0.458 e. The molecule has 1 heterocycles. The predicted octanol–water partition coefficient (Wildman–Crippen LogP) is 3.36. The smallest absolute Gasteiger partial charge is 0.411 e. The number of ether oxygens (including phenoxy) is 2. The van der Waals surface area contributed by atoms with Gasteiger partial charge in [0, 0.05) is 6.54 Å². The lowest BCUT2D eigenvalue weighted by Gasteiger charge is -2.31. The van der Waals surface area contributed by atoms with Gasteiger partial charge in [0.25, 0.3) is 0 Å². The molecule has 2 rings (SSSR count). The summed E-state index contributed by atoms with van der Waals surface area (Å²) in [6.45, 7) is 11.7. The van der Waals surface area contributed by atoms with E-state index in [-0.39, 0.29) is 11.9 Å². The van der Waals surface area contributed by atoms with E-state index >= 15 is 0 Å². The van der Waals surface area contributed by atoms with Crippen molar-refractivity contribution in [2.75, 3.05) is 6.54 Å². The fraction of sp³-hybridized carbons (Fsp3) is 0.882. The number of carbonyl (C=O) groups excluding carboxylic acids is 2. The van der Waals surface area contributed by atoms with Crippen molar-refractivity contribution >= 4 is 12.1 Å². The van der Waals surface area contributed by atoms with E-state index in [0.717, 1.165) is 19.3 Å². The van der Waals surface area contributed by atoms with Gasteiger partial charge >= 0.3 is 12.1 Å². The molecule has 0 spiro atoms. The zero-order valence-electron chi connectivity index (χ0n) is 14.6. The van der Waals surface area contributed by atoms with Gasteiger partial charge in [0.2, 0.25) is 0 Å². The molecule has 22 heavy (non-hydrogen) atoms. The number of amides is 1. The van der Waals surface area contributed by atoms with Crippen molar-refractivity contribution in [1.29, 1.82) is 0 Å². The van der Waals surface area contributed by atoms with Gasteiger partial charge in [0.05, 0.1) is 0 Å². The lowest BCUT2D eigenvalue weighted by atomic mass is 9.94. The minimum atomic E-state index is -0.562. The third-order valence-electron chi connectivity index (χ3n) is 4.17. The molecule has 126 valence electrons. The van der Waals surface area contributed by atoms with Crippen LogP contribution in [0.2, 0.25) is 0 Å². The number of likely N-dealkylation sites (tertiary alicyclic amines) is 1. The van der Waals surface area contributed by atoms with Gasteiger partial charge in [-0.05, 0) is 66.2 Å². The summed E-state index contributed by atoms with van der Waals surface area (Å²) in [5, 5.41) is 0. The lowest BCUT2D eigenvalue weighted by molar-refractivity contribution is -0.161. The summed E-state index contributed by atoms with van der Waals surface area (Å²) in [5.74, 6) is 0.306. The second-order valence-corrected chi connectivity index (χ2v) is 8.47. The molecule has 2 aliphatic rings. The van der Waals surface area contributed by atoms with E-state index in [4.69, 9.17) is 9.47 Å². The maximum atomic E-state index is 12.6. The molecule has 1 amide bonds. The van der Waals surface area contributed by atoms with Crippen LogP contribution in [0.25, 0.3) is 0 Å². The third kappa shape index (κ3) is 3.93. The molecule has 5 nitrogen and oxygen atoms in total. The van der Waals surface area contributed by atoms with Crippen molar-refractivity contribution in [1.82, 2.24) is 4.90 Å². The van der Waals surface area contributed by atoms with Crippen LogP contribution < -0.4 is 0 Å². The number of nitrogens with zero attached hydrogens (tertiary/aromatic N) is 1. The summed E-state index contributed by atoms with van der Waals surface area (Å²) in [5.41, 5.74) is -1.11. The molecule has 3 atom stereocenters. The van der Waals surface area contributed by atoms with E-state index in [2.05, 4.69) is 0 Å². The molecule has 2 fully saturated rings. The van der Waals surface area contributed by atoms with Crippen LogP contribution in [0.5, 0.6) is 0 Å². The zero-order chi connectivity index (χ0) is 16.7. The largest absolute Gasteiger partial charge is 0.458 e. The quantitative estimate of drug-likeness (QED) is 0.697. The Bertz CT molecular complexity index is 447. The molecule has 5 heteroatoms. The molecular formula is C17H29NO4. The van der Waals surface area contributed by atoms with Crippen LogP contribution >= 0.6 is 0 Å². The Morgan fingerprint density at radius 3 is 2.09 bits per heavy atom. The molecule has 0 aromatic heterocycles. The van der Waals surface area contributed by atoms with Crippen LogP contribution in [-0.2, 0) is 14.3 Å². The monoisotopic (exact) mass is 311 g/mol. The molecule has 1 aliphatic carbocycles. The van der Waals surface area contributed by atoms with Gasteiger partial charge in [0.15, 0.2) is 0 Å². The van der Waals surface area contributed by atoms with E-state index in [1.165, 1.54) is 0 Å². The number of hydrogen-bond donors (Lipinski definition) is 0. The van der Waals surface area contributed by atoms with E-state index in [1.54, 1.807) is 4.90 Å². The summed E-state index contributed by atoms with van der Waals surface area (Å²) >= 11 is 0. The maximum absolute atomic E-state index is 12.6. The Morgan fingerprint density at radius 1 is 0.955 bits per heavy atom. The van der Waals surface area contributed by atoms with Crippen molar-refractivity contribution in [2.24, 2.45) is 11.8 Å². The third-order valence-corrected chi connectivity index (χ3v) is 4.17. The van der Waals surface area contributed by atoms with E-state index in [9.17, 15) is 9.59 Å². The van der Waals surface area contributed by atoms with Crippen molar-refractivity contribution in [3.05, 3.63) is 0 Å². The number of rotatable bonds is 1. The highest BCUT2D eigenvalue weighted by molar-refractivity contribution is 5.83. The molecule has 0 N–H and O–H groups in total. The van der Waals surface area contributed by atoms with Crippen molar-refractivity contribution in [3.8, 4) is 0 Å². The molecule has 1 aliphatic heterocycles. The lowest BCUT2D eigenvalue weighted by Crippen LogP contribution is -2.47. The average molecular weight is 311 g/mol. The summed E-state index contributed by atoms with van der Waals surface area (Å²) in [7, 11) is 0. The predicted molar refractivity (Wildman–Crippen MR) is 83.4 cm³/mol. The highest BCUT2D eigenvalue weighted by Crippen LogP contribution is 2.43. The van der Waals surface area contributed by atoms with Gasteiger partial charge in [-0.1, -0.05) is 6.42 Å². The van der Waals surface area contributed by atoms with Gasteiger partial charge in [-0.25, -0.2) is 9.59 Å². The van der Waals surface area contributed by atoms with Crippen molar-refractivity contribution < 1.29 is 19.1 Å². The molecule has 0 aromatic carbocycles. The number of hydrogen-bond acceptors (Lipinski definition) is 4. The van der Waals surface area contributed by atoms with Crippen molar-refractivity contribution in [2.45, 2.75) is 78.0 Å². The Balaban J connectivity index is 2.17. The van der Waals surface area contributed by atoms with Gasteiger partial charge < -0.3 is 9.47 Å². The van der Waals surface area contributed by atoms with E-state index in [0.29, 0.717) is 12.5 Å². The fourth-order valence-corrected chi connectivity index (χ4v) is 3.48. The summed E-state index contributed by atoms with van der Waals surface area (Å²) in [4.78, 5) is 26.7. The van der Waals surface area contributed by atoms with Crippen LogP contribution in [0.15, 0.2) is 0 Å². The summed E-state index contributed by atoms with van der Waals surface area (Å²) in [6.07, 6.45) is 2.77. The van der Waals surface area contributed by atoms with Gasteiger partial charge in [-0.3, -0.25) is 4.90 Å². The second-order valence-electron chi connectivity index (χ2n) is 8.47. The maximum Gasteiger partial charge on any atom is 0.411 e. The normalized spacial score (nSPS) is 28.5. The summed E-state index contributed by atoms with van der Waals surface area (Å²) < 4.78 is 11.0. The van der Waals surface area contributed by atoms with Crippen LogP contribution in [0, 0.1) is 11.8 Å². The molecule has 0 bridgehead atoms. The summed E-state index contributed by atoms with van der Waals surface area (Å²) in [6, 6.07) is -0.499. The van der Waals surface area contributed by atoms with Crippen LogP contribution in [0.1, 0.15) is 60.8 Å². The first-order chi connectivity index (χ1) is 9.98. The highest BCUT2D eigenvalue weighted by atomic mass is 16.6. The molecule has 0 unspecified atom stereocenters. The van der Waals surface area contributed by atoms with Gasteiger partial charge in [-0.2, -0.15) is 0 Å². The average Bonchev–Trinajstić information content (AvgIpc) is 2.81. The fourth-order valence-electron chi connectivity index (χ4n) is 3.48. The first-order valence-corrected chi connectivity index (χ1v) is 8.20. The molecule has 1 saturated heterocycles. The standard InChI is InChI=1S/C17H29NO4/c1-16(2,3)21-14(19)13-12-9-7-8-11(12)10-18(13)15(20)22-17(4,5)6/h11-13H,7-10H2,1-6H3/t11-,12-,13-/m0/s1. The van der Waals surface area contributed by atoms with Crippen LogP contribution in [-0.4, -0.2) is 40.8 Å². The zero-order valence-corrected chi connectivity index (χ0v) is 14.6. The van der Waals surface area contributed by atoms with Gasteiger partial charge in [0.1, 0.15) is 17.2 Å². The minimum absolute atomic E-state index is 0.211.